The lowest BCUT2D eigenvalue weighted by molar-refractivity contribution is -0.137. The Hall–Kier alpha value is -2.55. The largest absolute Gasteiger partial charge is 0.418 e. The third-order valence-electron chi connectivity index (χ3n) is 5.49. The van der Waals surface area contributed by atoms with Crippen LogP contribution in [0, 0.1) is 6.92 Å². The molecule has 1 aliphatic carbocycles. The summed E-state index contributed by atoms with van der Waals surface area (Å²) in [5, 5.41) is 2.39. The van der Waals surface area contributed by atoms with Crippen LogP contribution in [-0.2, 0) is 11.0 Å². The highest BCUT2D eigenvalue weighted by Crippen LogP contribution is 2.43. The van der Waals surface area contributed by atoms with Gasteiger partial charge in [0, 0.05) is 24.2 Å². The minimum Gasteiger partial charge on any atom is -0.310 e. The Bertz CT molecular complexity index is 1100. The molecule has 1 aliphatic heterocycles. The van der Waals surface area contributed by atoms with Gasteiger partial charge in [-0.15, -0.1) is 0 Å². The van der Waals surface area contributed by atoms with Crippen LogP contribution < -0.4 is 10.5 Å². The SMILES string of the molecule is Cc1[nH]n(C2CC2)c(=O)c1C(=O)c1ccc(C(F)(F)F)c(N2CCCCC2=O)c1Cl. The molecule has 4 rings (SSSR count). The summed E-state index contributed by atoms with van der Waals surface area (Å²) in [6.07, 6.45) is -1.92. The highest BCUT2D eigenvalue weighted by atomic mass is 35.5. The fourth-order valence-corrected chi connectivity index (χ4v) is 4.19. The maximum absolute atomic E-state index is 13.7. The van der Waals surface area contributed by atoms with Crippen LogP contribution in [0.3, 0.4) is 0 Å². The van der Waals surface area contributed by atoms with Gasteiger partial charge in [-0.2, -0.15) is 13.2 Å². The Kier molecular flexibility index (Phi) is 5.04. The highest BCUT2D eigenvalue weighted by molar-refractivity contribution is 6.38. The van der Waals surface area contributed by atoms with Gasteiger partial charge < -0.3 is 4.90 Å². The van der Waals surface area contributed by atoms with E-state index in [-0.39, 0.29) is 30.1 Å². The first kappa shape index (κ1) is 20.7. The second-order valence-electron chi connectivity index (χ2n) is 7.67. The average Bonchev–Trinajstić information content (AvgIpc) is 3.46. The van der Waals surface area contributed by atoms with Crippen LogP contribution in [-0.4, -0.2) is 28.0 Å². The second-order valence-corrected chi connectivity index (χ2v) is 8.05. The van der Waals surface area contributed by atoms with Crippen molar-refractivity contribution in [3.05, 3.63) is 49.9 Å². The number of benzene rings is 1. The van der Waals surface area contributed by atoms with Crippen LogP contribution in [0.4, 0.5) is 18.9 Å². The van der Waals surface area contributed by atoms with Crippen LogP contribution in [0.25, 0.3) is 0 Å². The highest BCUT2D eigenvalue weighted by Gasteiger charge is 2.39. The van der Waals surface area contributed by atoms with E-state index in [1.54, 1.807) is 6.92 Å². The molecule has 0 spiro atoms. The standard InChI is InChI=1S/C20H19ClF3N3O3/c1-10-15(19(30)27(25-10)11-5-6-11)18(29)12-7-8-13(20(22,23)24)17(16(12)21)26-9-3-2-4-14(26)28/h7-8,11,25H,2-6,9H2,1H3. The van der Waals surface area contributed by atoms with Crippen LogP contribution in [0.15, 0.2) is 16.9 Å². The summed E-state index contributed by atoms with van der Waals surface area (Å²) >= 11 is 6.32. The van der Waals surface area contributed by atoms with Crippen LogP contribution in [0.1, 0.15) is 65.3 Å². The Morgan fingerprint density at radius 3 is 2.50 bits per heavy atom. The monoisotopic (exact) mass is 441 g/mol. The van der Waals surface area contributed by atoms with E-state index < -0.39 is 39.7 Å². The first-order valence-corrected chi connectivity index (χ1v) is 10.0. The fraction of sp³-hybridized carbons (Fsp3) is 0.450. The summed E-state index contributed by atoms with van der Waals surface area (Å²) in [7, 11) is 0. The van der Waals surface area contributed by atoms with E-state index in [2.05, 4.69) is 5.10 Å². The zero-order valence-electron chi connectivity index (χ0n) is 16.1. The van der Waals surface area contributed by atoms with Gasteiger partial charge in [-0.25, -0.2) is 4.68 Å². The molecule has 0 radical (unpaired) electrons. The van der Waals surface area contributed by atoms with Crippen molar-refractivity contribution in [3.8, 4) is 0 Å². The molecule has 2 heterocycles. The van der Waals surface area contributed by atoms with Gasteiger partial charge in [-0.3, -0.25) is 19.5 Å². The van der Waals surface area contributed by atoms with Crippen LogP contribution in [0.2, 0.25) is 5.02 Å². The molecule has 2 aromatic rings. The molecule has 1 aromatic carbocycles. The van der Waals surface area contributed by atoms with E-state index in [4.69, 9.17) is 11.6 Å². The third kappa shape index (κ3) is 3.45. The van der Waals surface area contributed by atoms with Gasteiger partial charge in [-0.05, 0) is 44.7 Å². The smallest absolute Gasteiger partial charge is 0.310 e. The lowest BCUT2D eigenvalue weighted by Gasteiger charge is -2.30. The number of halogens is 4. The van der Waals surface area contributed by atoms with Crippen molar-refractivity contribution < 1.29 is 22.8 Å². The van der Waals surface area contributed by atoms with Crippen molar-refractivity contribution in [3.63, 3.8) is 0 Å². The summed E-state index contributed by atoms with van der Waals surface area (Å²) < 4.78 is 42.3. The Morgan fingerprint density at radius 1 is 1.20 bits per heavy atom. The lowest BCUT2D eigenvalue weighted by atomic mass is 9.98. The summed E-state index contributed by atoms with van der Waals surface area (Å²) in [5.41, 5.74) is -2.19. The van der Waals surface area contributed by atoms with Crippen molar-refractivity contribution in [2.75, 3.05) is 11.4 Å². The minimum absolute atomic E-state index is 0.00218. The molecular formula is C20H19ClF3N3O3. The zero-order valence-corrected chi connectivity index (χ0v) is 16.9. The number of aromatic nitrogens is 2. The lowest BCUT2D eigenvalue weighted by Crippen LogP contribution is -2.37. The summed E-state index contributed by atoms with van der Waals surface area (Å²) in [4.78, 5) is 39.2. The van der Waals surface area contributed by atoms with Crippen molar-refractivity contribution in [1.82, 2.24) is 9.78 Å². The number of alkyl halides is 3. The van der Waals surface area contributed by atoms with Crippen molar-refractivity contribution in [2.24, 2.45) is 0 Å². The van der Waals surface area contributed by atoms with Crippen LogP contribution in [0.5, 0.6) is 0 Å². The predicted octanol–water partition coefficient (Wildman–Crippen LogP) is 4.24. The van der Waals surface area contributed by atoms with E-state index in [1.807, 2.05) is 0 Å². The molecule has 6 nitrogen and oxygen atoms in total. The molecule has 1 aromatic heterocycles. The Balaban J connectivity index is 1.86. The number of carbonyl (C=O) groups excluding carboxylic acids is 2. The molecule has 1 N–H and O–H groups in total. The molecule has 0 unspecified atom stereocenters. The number of carbonyl (C=O) groups is 2. The molecular weight excluding hydrogens is 423 g/mol. The molecule has 0 bridgehead atoms. The normalized spacial score (nSPS) is 17.5. The number of nitrogens with zero attached hydrogens (tertiary/aromatic N) is 2. The number of nitrogens with one attached hydrogen (secondary N) is 1. The maximum Gasteiger partial charge on any atom is 0.418 e. The van der Waals surface area contributed by atoms with Crippen LogP contribution >= 0.6 is 11.6 Å². The number of anilines is 1. The summed E-state index contributed by atoms with van der Waals surface area (Å²) in [5.74, 6) is -1.25. The van der Waals surface area contributed by atoms with Gasteiger partial charge in [0.2, 0.25) is 11.7 Å². The number of ketones is 1. The van der Waals surface area contributed by atoms with Gasteiger partial charge in [-0.1, -0.05) is 11.6 Å². The molecule has 2 aliphatic rings. The first-order chi connectivity index (χ1) is 14.1. The van der Waals surface area contributed by atoms with Gasteiger partial charge in [0.1, 0.15) is 5.56 Å². The maximum atomic E-state index is 13.7. The van der Waals surface area contributed by atoms with Gasteiger partial charge in [0.25, 0.3) is 5.56 Å². The number of rotatable bonds is 4. The fourth-order valence-electron chi connectivity index (χ4n) is 3.83. The molecule has 10 heteroatoms. The minimum atomic E-state index is -4.76. The number of H-pyrrole nitrogens is 1. The predicted molar refractivity (Wildman–Crippen MR) is 104 cm³/mol. The number of amides is 1. The Labute approximate surface area is 174 Å². The van der Waals surface area contributed by atoms with Gasteiger partial charge in [0.05, 0.1) is 22.3 Å². The molecule has 0 atom stereocenters. The van der Waals surface area contributed by atoms with E-state index in [0.29, 0.717) is 18.5 Å². The first-order valence-electron chi connectivity index (χ1n) is 9.67. The van der Waals surface area contributed by atoms with E-state index in [0.717, 1.165) is 29.9 Å². The number of aryl methyl sites for hydroxylation is 1. The molecule has 1 amide bonds. The topological polar surface area (TPSA) is 75.2 Å². The van der Waals surface area contributed by atoms with E-state index in [1.165, 1.54) is 4.68 Å². The molecule has 1 saturated carbocycles. The van der Waals surface area contributed by atoms with Crippen molar-refractivity contribution in [2.45, 2.75) is 51.2 Å². The summed E-state index contributed by atoms with van der Waals surface area (Å²) in [6.45, 7) is 1.64. The second kappa shape index (κ2) is 7.30. The molecule has 30 heavy (non-hydrogen) atoms. The van der Waals surface area contributed by atoms with Crippen molar-refractivity contribution in [1.29, 1.82) is 0 Å². The average molecular weight is 442 g/mol. The molecule has 2 fully saturated rings. The number of piperidine rings is 1. The summed E-state index contributed by atoms with van der Waals surface area (Å²) in [6, 6.07) is 1.72. The third-order valence-corrected chi connectivity index (χ3v) is 5.88. The van der Waals surface area contributed by atoms with Gasteiger partial charge >= 0.3 is 6.18 Å². The quantitative estimate of drug-likeness (QED) is 0.721. The van der Waals surface area contributed by atoms with Crippen molar-refractivity contribution >= 4 is 29.0 Å². The molecule has 1 saturated heterocycles. The van der Waals surface area contributed by atoms with E-state index in [9.17, 15) is 27.6 Å². The van der Waals surface area contributed by atoms with Gasteiger partial charge in [0.15, 0.2) is 0 Å². The Morgan fingerprint density at radius 2 is 1.90 bits per heavy atom. The number of hydrogen-bond donors (Lipinski definition) is 1. The molecule has 160 valence electrons. The van der Waals surface area contributed by atoms with E-state index >= 15 is 0 Å². The number of aromatic amines is 1. The number of hydrogen-bond acceptors (Lipinski definition) is 3. The zero-order chi connectivity index (χ0) is 21.8.